The molecule has 0 spiro atoms. The fourth-order valence-corrected chi connectivity index (χ4v) is 3.09. The predicted octanol–water partition coefficient (Wildman–Crippen LogP) is 3.15. The summed E-state index contributed by atoms with van der Waals surface area (Å²) in [7, 11) is 4.16. The summed E-state index contributed by atoms with van der Waals surface area (Å²) in [6.07, 6.45) is 25.2. The molecule has 0 aromatic carbocycles. The van der Waals surface area contributed by atoms with E-state index in [1.165, 1.54) is 57.8 Å². The van der Waals surface area contributed by atoms with E-state index in [0.29, 0.717) is 0 Å². The van der Waals surface area contributed by atoms with Crippen LogP contribution in [0.15, 0.2) is 37.4 Å². The fraction of sp³-hybridized carbons (Fsp3) is 0.684. The predicted molar refractivity (Wildman–Crippen MR) is 92.8 cm³/mol. The maximum Gasteiger partial charge on any atom is 0.243 e. The Bertz CT molecular complexity index is 493. The van der Waals surface area contributed by atoms with Gasteiger partial charge in [-0.05, 0) is 25.7 Å². The average Bonchev–Trinajstić information content (AvgIpc) is 3.13. The molecule has 0 unspecified atom stereocenters. The molecule has 0 N–H and O–H groups in total. The molecule has 0 amide bonds. The number of aromatic nitrogens is 4. The van der Waals surface area contributed by atoms with Gasteiger partial charge in [0, 0.05) is 0 Å². The van der Waals surface area contributed by atoms with E-state index >= 15 is 0 Å². The first-order valence-electron chi connectivity index (χ1n) is 9.26. The van der Waals surface area contributed by atoms with E-state index in [-0.39, 0.29) is 0 Å². The molecule has 2 aromatic heterocycles. The average molecular weight is 319 g/mol. The van der Waals surface area contributed by atoms with Gasteiger partial charge >= 0.3 is 0 Å². The van der Waals surface area contributed by atoms with Crippen molar-refractivity contribution in [3.05, 3.63) is 37.4 Å². The van der Waals surface area contributed by atoms with Crippen LogP contribution in [-0.2, 0) is 27.2 Å². The largest absolute Gasteiger partial charge is 0.243 e. The van der Waals surface area contributed by atoms with Gasteiger partial charge in [0.05, 0.1) is 27.2 Å². The maximum atomic E-state index is 2.28. The van der Waals surface area contributed by atoms with Crippen molar-refractivity contribution < 1.29 is 9.13 Å². The molecule has 0 aliphatic heterocycles. The van der Waals surface area contributed by atoms with E-state index in [1.807, 2.05) is 0 Å². The highest BCUT2D eigenvalue weighted by Gasteiger charge is 2.00. The van der Waals surface area contributed by atoms with Crippen molar-refractivity contribution in [2.75, 3.05) is 0 Å². The number of imidazole rings is 2. The van der Waals surface area contributed by atoms with Crippen LogP contribution in [0.3, 0.4) is 0 Å². The number of aryl methyl sites for hydroxylation is 4. The normalized spacial score (nSPS) is 11.2. The van der Waals surface area contributed by atoms with Crippen LogP contribution in [0.25, 0.3) is 0 Å². The Morgan fingerprint density at radius 1 is 0.565 bits per heavy atom. The number of rotatable bonds is 12. The van der Waals surface area contributed by atoms with Crippen molar-refractivity contribution in [1.29, 1.82) is 0 Å². The lowest BCUT2D eigenvalue weighted by atomic mass is 10.1. The van der Waals surface area contributed by atoms with Gasteiger partial charge in [-0.1, -0.05) is 32.1 Å². The molecule has 4 heteroatoms. The molecule has 0 radical (unpaired) electrons. The zero-order chi connectivity index (χ0) is 16.3. The van der Waals surface area contributed by atoms with Crippen molar-refractivity contribution in [2.45, 2.75) is 70.9 Å². The molecule has 0 aliphatic carbocycles. The number of hydrogen-bond acceptors (Lipinski definition) is 0. The minimum absolute atomic E-state index is 1.16. The van der Waals surface area contributed by atoms with Gasteiger partial charge in [0.2, 0.25) is 12.7 Å². The topological polar surface area (TPSA) is 17.6 Å². The SMILES string of the molecule is C[n+]1ccn(CCCCCCCCCCCn2cc[n+](C)c2)c1. The molecular formula is C19H34N4+2. The van der Waals surface area contributed by atoms with E-state index in [4.69, 9.17) is 0 Å². The van der Waals surface area contributed by atoms with Crippen molar-refractivity contribution in [1.82, 2.24) is 9.13 Å². The van der Waals surface area contributed by atoms with Crippen LogP contribution in [0, 0.1) is 0 Å². The van der Waals surface area contributed by atoms with Crippen molar-refractivity contribution >= 4 is 0 Å². The molecule has 2 heterocycles. The molecule has 0 saturated heterocycles. The summed E-state index contributed by atoms with van der Waals surface area (Å²) in [4.78, 5) is 0. The maximum absolute atomic E-state index is 2.28. The number of unbranched alkanes of at least 4 members (excludes halogenated alkanes) is 8. The first kappa shape index (κ1) is 17.8. The van der Waals surface area contributed by atoms with Gasteiger partial charge in [0.25, 0.3) is 0 Å². The zero-order valence-electron chi connectivity index (χ0n) is 15.0. The Morgan fingerprint density at radius 2 is 0.913 bits per heavy atom. The van der Waals surface area contributed by atoms with Crippen molar-refractivity contribution in [3.8, 4) is 0 Å². The molecule has 0 fully saturated rings. The van der Waals surface area contributed by atoms with E-state index < -0.39 is 0 Å². The van der Waals surface area contributed by atoms with E-state index in [0.717, 1.165) is 13.1 Å². The summed E-state index contributed by atoms with van der Waals surface area (Å²) in [6, 6.07) is 0. The highest BCUT2D eigenvalue weighted by Crippen LogP contribution is 2.10. The van der Waals surface area contributed by atoms with E-state index in [1.54, 1.807) is 0 Å². The Kier molecular flexibility index (Phi) is 7.91. The highest BCUT2D eigenvalue weighted by molar-refractivity contribution is 4.66. The molecule has 2 rings (SSSR count). The molecule has 23 heavy (non-hydrogen) atoms. The highest BCUT2D eigenvalue weighted by atomic mass is 15.1. The third kappa shape index (κ3) is 7.49. The minimum atomic E-state index is 1.16. The van der Waals surface area contributed by atoms with Gasteiger partial charge in [-0.3, -0.25) is 0 Å². The van der Waals surface area contributed by atoms with Crippen LogP contribution in [0.1, 0.15) is 57.8 Å². The lowest BCUT2D eigenvalue weighted by Crippen LogP contribution is -2.23. The van der Waals surface area contributed by atoms with Crippen LogP contribution < -0.4 is 9.13 Å². The van der Waals surface area contributed by atoms with Crippen molar-refractivity contribution in [2.24, 2.45) is 14.1 Å². The molecule has 0 bridgehead atoms. The van der Waals surface area contributed by atoms with Crippen LogP contribution in [0.2, 0.25) is 0 Å². The van der Waals surface area contributed by atoms with Crippen LogP contribution in [0.4, 0.5) is 0 Å². The van der Waals surface area contributed by atoms with Gasteiger partial charge < -0.3 is 0 Å². The molecular weight excluding hydrogens is 284 g/mol. The summed E-state index contributed by atoms with van der Waals surface area (Å²) in [5.41, 5.74) is 0. The van der Waals surface area contributed by atoms with E-state index in [9.17, 15) is 0 Å². The lowest BCUT2D eigenvalue weighted by molar-refractivity contribution is -0.671. The summed E-state index contributed by atoms with van der Waals surface area (Å²) < 4.78 is 8.78. The Labute approximate surface area is 141 Å². The first-order chi connectivity index (χ1) is 11.2. The molecule has 2 aromatic rings. The second kappa shape index (κ2) is 10.2. The molecule has 0 aliphatic rings. The smallest absolute Gasteiger partial charge is 0.240 e. The summed E-state index contributed by atoms with van der Waals surface area (Å²) in [6.45, 7) is 2.33. The molecule has 4 nitrogen and oxygen atoms in total. The van der Waals surface area contributed by atoms with Crippen LogP contribution >= 0.6 is 0 Å². The van der Waals surface area contributed by atoms with Gasteiger partial charge in [-0.15, -0.1) is 0 Å². The fourth-order valence-electron chi connectivity index (χ4n) is 3.09. The standard InChI is InChI=1S/C19H34N4/c1-20-14-16-22(18-20)12-10-8-6-4-3-5-7-9-11-13-23-17-15-21(2)19-23/h14-19H,3-13H2,1-2H3/q+2. The zero-order valence-corrected chi connectivity index (χ0v) is 15.0. The minimum Gasteiger partial charge on any atom is -0.240 e. The third-order valence-corrected chi connectivity index (χ3v) is 4.48. The molecule has 0 saturated carbocycles. The van der Waals surface area contributed by atoms with Crippen molar-refractivity contribution in [3.63, 3.8) is 0 Å². The Balaban J connectivity index is 1.34. The van der Waals surface area contributed by atoms with Gasteiger partial charge in [0.15, 0.2) is 0 Å². The summed E-state index contributed by atoms with van der Waals surface area (Å²) >= 11 is 0. The third-order valence-electron chi connectivity index (χ3n) is 4.48. The molecule has 0 atom stereocenters. The first-order valence-corrected chi connectivity index (χ1v) is 9.26. The summed E-state index contributed by atoms with van der Waals surface area (Å²) in [5.74, 6) is 0. The second-order valence-corrected chi connectivity index (χ2v) is 6.82. The molecule has 128 valence electrons. The monoisotopic (exact) mass is 318 g/mol. The van der Waals surface area contributed by atoms with Crippen LogP contribution in [-0.4, -0.2) is 9.13 Å². The van der Waals surface area contributed by atoms with Gasteiger partial charge in [-0.25, -0.2) is 18.3 Å². The Morgan fingerprint density at radius 3 is 1.22 bits per heavy atom. The van der Waals surface area contributed by atoms with E-state index in [2.05, 4.69) is 69.8 Å². The summed E-state index contributed by atoms with van der Waals surface area (Å²) in [5, 5.41) is 0. The lowest BCUT2D eigenvalue weighted by Gasteiger charge is -2.02. The van der Waals surface area contributed by atoms with Gasteiger partial charge in [-0.2, -0.15) is 0 Å². The van der Waals surface area contributed by atoms with Crippen LogP contribution in [0.5, 0.6) is 0 Å². The number of nitrogens with zero attached hydrogens (tertiary/aromatic N) is 4. The second-order valence-electron chi connectivity index (χ2n) is 6.82. The number of hydrogen-bond donors (Lipinski definition) is 0. The Hall–Kier alpha value is -1.58. The quantitative estimate of drug-likeness (QED) is 0.423. The van der Waals surface area contributed by atoms with Gasteiger partial charge in [0.1, 0.15) is 24.8 Å².